The number of hydrogen-bond acceptors (Lipinski definition) is 7. The molecule has 0 spiro atoms. The molecule has 5 rings (SSSR count). The van der Waals surface area contributed by atoms with Crippen molar-refractivity contribution >= 4 is 39.1 Å². The zero-order valence-electron chi connectivity index (χ0n) is 17.1. The lowest BCUT2D eigenvalue weighted by Crippen LogP contribution is -2.43. The fraction of sp³-hybridized carbons (Fsp3) is 0.304. The fourth-order valence-electron chi connectivity index (χ4n) is 3.94. The van der Waals surface area contributed by atoms with Crippen LogP contribution in [-0.4, -0.2) is 45.2 Å². The molecule has 3 aromatic rings. The topological polar surface area (TPSA) is 75.0 Å². The van der Waals surface area contributed by atoms with E-state index in [-0.39, 0.29) is 11.3 Å². The first kappa shape index (κ1) is 19.7. The number of carbonyl (C=O) groups excluding carboxylic acids is 1. The third-order valence-corrected chi connectivity index (χ3v) is 6.45. The molecular weight excluding hydrogens is 414 g/mol. The maximum absolute atomic E-state index is 12.8. The number of carbonyl (C=O) groups is 1. The maximum Gasteiger partial charge on any atom is 0.303 e. The van der Waals surface area contributed by atoms with Gasteiger partial charge in [0.05, 0.1) is 12.2 Å². The molecule has 158 valence electrons. The Hall–Kier alpha value is -3.28. The summed E-state index contributed by atoms with van der Waals surface area (Å²) in [5, 5.41) is 5.24. The minimum atomic E-state index is -0.257. The van der Waals surface area contributed by atoms with Crippen LogP contribution in [0.15, 0.2) is 38.9 Å². The third-order valence-electron chi connectivity index (χ3n) is 5.47. The van der Waals surface area contributed by atoms with Gasteiger partial charge in [-0.2, -0.15) is 0 Å². The number of nitrogens with one attached hydrogen (secondary N) is 1. The number of amides is 1. The van der Waals surface area contributed by atoms with Gasteiger partial charge in [0.1, 0.15) is 17.1 Å². The number of rotatable bonds is 2. The van der Waals surface area contributed by atoms with Gasteiger partial charge >= 0.3 is 5.91 Å². The standard InChI is InChI=1S/C23H21N3O4S/c1-2-3-20(28)26-10-11-29-19-5-4-15(12-17(19)26)16-14-31-23-18(27)13-21(30-22(16)23)25-8-6-24-7-9-25/h4-5,12-14,24H,6-11H2,1H3. The van der Waals surface area contributed by atoms with Crippen LogP contribution >= 0.6 is 11.3 Å². The Bertz CT molecular complexity index is 1280. The molecule has 1 aromatic carbocycles. The first-order valence-corrected chi connectivity index (χ1v) is 11.1. The van der Waals surface area contributed by atoms with Crippen molar-refractivity contribution in [3.05, 3.63) is 39.9 Å². The van der Waals surface area contributed by atoms with Crippen LogP contribution in [0.5, 0.6) is 5.75 Å². The van der Waals surface area contributed by atoms with Gasteiger partial charge in [-0.1, -0.05) is 12.0 Å². The quantitative estimate of drug-likeness (QED) is 0.624. The minimum Gasteiger partial charge on any atom is -0.490 e. The van der Waals surface area contributed by atoms with Crippen molar-refractivity contribution in [2.75, 3.05) is 49.1 Å². The zero-order chi connectivity index (χ0) is 21.4. The summed E-state index contributed by atoms with van der Waals surface area (Å²) < 4.78 is 12.6. The van der Waals surface area contributed by atoms with Crippen LogP contribution in [0.1, 0.15) is 6.92 Å². The number of piperazine rings is 1. The van der Waals surface area contributed by atoms with E-state index in [9.17, 15) is 9.59 Å². The highest BCUT2D eigenvalue weighted by molar-refractivity contribution is 7.17. The van der Waals surface area contributed by atoms with Crippen molar-refractivity contribution in [1.29, 1.82) is 0 Å². The predicted octanol–water partition coefficient (Wildman–Crippen LogP) is 2.68. The van der Waals surface area contributed by atoms with Gasteiger partial charge in [-0.3, -0.25) is 14.5 Å². The van der Waals surface area contributed by atoms with Gasteiger partial charge in [0, 0.05) is 43.2 Å². The summed E-state index contributed by atoms with van der Waals surface area (Å²) >= 11 is 1.37. The van der Waals surface area contributed by atoms with Gasteiger partial charge in [-0.15, -0.1) is 11.3 Å². The van der Waals surface area contributed by atoms with E-state index in [2.05, 4.69) is 22.1 Å². The second-order valence-electron chi connectivity index (χ2n) is 7.36. The second-order valence-corrected chi connectivity index (χ2v) is 8.24. The minimum absolute atomic E-state index is 0.0395. The van der Waals surface area contributed by atoms with E-state index in [1.54, 1.807) is 17.9 Å². The van der Waals surface area contributed by atoms with Crippen molar-refractivity contribution in [2.24, 2.45) is 0 Å². The number of benzene rings is 1. The Morgan fingerprint density at radius 2 is 2.03 bits per heavy atom. The lowest BCUT2D eigenvalue weighted by molar-refractivity contribution is -0.113. The van der Waals surface area contributed by atoms with Gasteiger partial charge in [0.15, 0.2) is 11.5 Å². The van der Waals surface area contributed by atoms with E-state index in [1.807, 2.05) is 23.6 Å². The summed E-state index contributed by atoms with van der Waals surface area (Å²) in [6.07, 6.45) is 0. The van der Waals surface area contributed by atoms with Crippen LogP contribution in [0.25, 0.3) is 21.4 Å². The van der Waals surface area contributed by atoms with Crippen molar-refractivity contribution in [3.8, 4) is 28.7 Å². The Kier molecular flexibility index (Phi) is 5.14. The first-order valence-electron chi connectivity index (χ1n) is 10.2. The highest BCUT2D eigenvalue weighted by Gasteiger charge is 2.24. The van der Waals surface area contributed by atoms with E-state index in [1.165, 1.54) is 11.3 Å². The molecule has 1 saturated heterocycles. The number of anilines is 2. The smallest absolute Gasteiger partial charge is 0.303 e. The summed E-state index contributed by atoms with van der Waals surface area (Å²) in [6, 6.07) is 7.27. The Morgan fingerprint density at radius 1 is 1.19 bits per heavy atom. The molecule has 0 radical (unpaired) electrons. The lowest BCUT2D eigenvalue weighted by atomic mass is 10.1. The number of fused-ring (bicyclic) bond motifs is 2. The molecule has 0 unspecified atom stereocenters. The van der Waals surface area contributed by atoms with Crippen LogP contribution < -0.4 is 25.3 Å². The molecule has 1 amide bonds. The lowest BCUT2D eigenvalue weighted by Gasteiger charge is -2.28. The van der Waals surface area contributed by atoms with Crippen molar-refractivity contribution in [2.45, 2.75) is 6.92 Å². The number of ether oxygens (including phenoxy) is 1. The van der Waals surface area contributed by atoms with Gasteiger partial charge in [-0.25, -0.2) is 0 Å². The molecule has 0 bridgehead atoms. The van der Waals surface area contributed by atoms with E-state index in [0.717, 1.165) is 37.3 Å². The highest BCUT2D eigenvalue weighted by atomic mass is 32.1. The monoisotopic (exact) mass is 435 g/mol. The molecule has 1 N–H and O–H groups in total. The third kappa shape index (κ3) is 3.56. The first-order chi connectivity index (χ1) is 15.2. The number of thiophene rings is 1. The molecule has 1 fully saturated rings. The zero-order valence-corrected chi connectivity index (χ0v) is 17.9. The molecular formula is C23H21N3O4S. The van der Waals surface area contributed by atoms with Gasteiger partial charge in [0.2, 0.25) is 5.43 Å². The van der Waals surface area contributed by atoms with Gasteiger partial charge in [0.25, 0.3) is 0 Å². The average Bonchev–Trinajstić information content (AvgIpc) is 3.24. The molecule has 0 aliphatic carbocycles. The summed E-state index contributed by atoms with van der Waals surface area (Å²) in [5.74, 6) is 6.25. The Balaban J connectivity index is 1.60. The Morgan fingerprint density at radius 3 is 2.84 bits per heavy atom. The summed E-state index contributed by atoms with van der Waals surface area (Å²) in [5.41, 5.74) is 2.91. The van der Waals surface area contributed by atoms with E-state index in [0.29, 0.717) is 40.8 Å². The van der Waals surface area contributed by atoms with Gasteiger partial charge in [-0.05, 0) is 30.5 Å². The fourth-order valence-corrected chi connectivity index (χ4v) is 4.85. The average molecular weight is 436 g/mol. The van der Waals surface area contributed by atoms with E-state index < -0.39 is 0 Å². The molecule has 0 atom stereocenters. The molecule has 2 aliphatic rings. The van der Waals surface area contributed by atoms with Crippen molar-refractivity contribution < 1.29 is 13.9 Å². The maximum atomic E-state index is 12.8. The Labute approximate surface area is 183 Å². The van der Waals surface area contributed by atoms with Crippen LogP contribution in [0.3, 0.4) is 0 Å². The van der Waals surface area contributed by atoms with Crippen LogP contribution in [0.2, 0.25) is 0 Å². The summed E-state index contributed by atoms with van der Waals surface area (Å²) in [6.45, 7) is 5.80. The highest BCUT2D eigenvalue weighted by Crippen LogP contribution is 2.40. The van der Waals surface area contributed by atoms with Crippen LogP contribution in [0, 0.1) is 11.8 Å². The van der Waals surface area contributed by atoms with Gasteiger partial charge < -0.3 is 19.4 Å². The van der Waals surface area contributed by atoms with Crippen molar-refractivity contribution in [1.82, 2.24) is 5.32 Å². The van der Waals surface area contributed by atoms with E-state index in [4.69, 9.17) is 9.15 Å². The molecule has 2 aromatic heterocycles. The predicted molar refractivity (Wildman–Crippen MR) is 122 cm³/mol. The number of hydrogen-bond donors (Lipinski definition) is 1. The van der Waals surface area contributed by atoms with Crippen molar-refractivity contribution in [3.63, 3.8) is 0 Å². The van der Waals surface area contributed by atoms with Crippen LogP contribution in [0.4, 0.5) is 11.6 Å². The van der Waals surface area contributed by atoms with Crippen LogP contribution in [-0.2, 0) is 4.79 Å². The molecule has 4 heterocycles. The van der Waals surface area contributed by atoms with E-state index >= 15 is 0 Å². The molecule has 31 heavy (non-hydrogen) atoms. The molecule has 2 aliphatic heterocycles. The largest absolute Gasteiger partial charge is 0.490 e. The second kappa shape index (κ2) is 8.10. The summed E-state index contributed by atoms with van der Waals surface area (Å²) in [4.78, 5) is 28.9. The summed E-state index contributed by atoms with van der Waals surface area (Å²) in [7, 11) is 0. The molecule has 8 heteroatoms. The normalized spacial score (nSPS) is 15.8. The molecule has 0 saturated carbocycles. The SMILES string of the molecule is CC#CC(=O)N1CCOc2ccc(-c3csc4c(=O)cc(N5CCNCC5)oc34)cc21. The molecule has 7 nitrogen and oxygen atoms in total. The number of nitrogens with zero attached hydrogens (tertiary/aromatic N) is 2.